The van der Waals surface area contributed by atoms with Crippen LogP contribution in [0, 0.1) is 0 Å². The van der Waals surface area contributed by atoms with Crippen molar-refractivity contribution in [2.45, 2.75) is 39.3 Å². The SMILES string of the molecule is C=C(C(=O)Oc1ccc(-c2ccc(OC(=O)C(=C)C(F)(F)F)c(OC(=O)C(=C)C(F)(F)F)c2)cc1)C(F)(F)F.C=C(C)C(=O)Oc1ccc(-c2ccc(OC(=O)C(=C)C)c(OC(=O)C(=C)C)c2)cc1.C=CC(=O)Oc1ccc(-c2ccc(OC(=O)C=C)c(OC(=O)C=C)c2)cc1. The molecule has 0 aliphatic carbocycles. The molecule has 27 heteroatoms. The Labute approximate surface area is 540 Å². The molecule has 6 aromatic rings. The van der Waals surface area contributed by atoms with Crippen molar-refractivity contribution < 1.29 is 125 Å². The van der Waals surface area contributed by atoms with E-state index in [-0.39, 0.29) is 51.0 Å². The first-order valence-electron chi connectivity index (χ1n) is 26.6. The highest BCUT2D eigenvalue weighted by molar-refractivity contribution is 5.95. The van der Waals surface area contributed by atoms with E-state index < -0.39 is 100 Å². The van der Waals surface area contributed by atoms with Gasteiger partial charge in [0, 0.05) is 34.9 Å². The van der Waals surface area contributed by atoms with E-state index in [2.05, 4.69) is 73.4 Å². The number of hydrogen-bond acceptors (Lipinski definition) is 18. The monoisotopic (exact) mass is 1340 g/mol. The van der Waals surface area contributed by atoms with Crippen molar-refractivity contribution in [1.82, 2.24) is 0 Å². The number of rotatable bonds is 21. The van der Waals surface area contributed by atoms with E-state index in [1.807, 2.05) is 0 Å². The lowest BCUT2D eigenvalue weighted by molar-refractivity contribution is -0.145. The standard InChI is InChI=1S/C24H13F9O6.C24H22O6.C21H16O6/c1-11(22(25,26)27)19(34)37-16-7-4-14(5-8-16)15-6-9-17(38-20(35)12(2)23(28,29)30)18(10-15)39-21(36)13(3)24(31,32)33;1-14(2)22(25)28-19-10-7-17(8-11-19)18-9-12-20(29-23(26)15(3)4)21(13-18)30-24(27)16(5)6;1-4-19(22)25-16-10-7-14(8-11-16)15-9-12-17(26-20(23)5-2)18(13-15)27-21(24)6-3/h4-10H,1-3H2;7-13H,1,3,5H2,2,4,6H3;4-13H,1-3H2. The lowest BCUT2D eigenvalue weighted by Gasteiger charge is -2.15. The van der Waals surface area contributed by atoms with Crippen LogP contribution in [0.2, 0.25) is 0 Å². The fourth-order valence-electron chi connectivity index (χ4n) is 6.57. The highest BCUT2D eigenvalue weighted by atomic mass is 19.4. The van der Waals surface area contributed by atoms with E-state index in [9.17, 15) is 82.7 Å². The molecule has 6 rings (SSSR count). The largest absolute Gasteiger partial charge is 0.423 e. The molecule has 0 radical (unpaired) electrons. The second-order valence-corrected chi connectivity index (χ2v) is 19.0. The molecule has 0 saturated heterocycles. The number of esters is 9. The molecule has 96 heavy (non-hydrogen) atoms. The van der Waals surface area contributed by atoms with E-state index in [1.54, 1.807) is 73.7 Å². The molecule has 0 amide bonds. The number of ether oxygens (including phenoxy) is 9. The topological polar surface area (TPSA) is 237 Å². The van der Waals surface area contributed by atoms with Crippen molar-refractivity contribution in [3.05, 3.63) is 238 Å². The third-order valence-electron chi connectivity index (χ3n) is 11.6. The Balaban J connectivity index is 0.000000312. The zero-order valence-electron chi connectivity index (χ0n) is 50.5. The van der Waals surface area contributed by atoms with Crippen molar-refractivity contribution >= 4 is 53.7 Å². The summed E-state index contributed by atoms with van der Waals surface area (Å²) < 4.78 is 159. The van der Waals surface area contributed by atoms with Crippen LogP contribution in [-0.4, -0.2) is 72.3 Å². The smallest absolute Gasteiger partial charge is 0.422 e. The predicted molar refractivity (Wildman–Crippen MR) is 327 cm³/mol. The molecule has 0 saturated carbocycles. The summed E-state index contributed by atoms with van der Waals surface area (Å²) in [6.07, 6.45) is -12.4. The van der Waals surface area contributed by atoms with Crippen LogP contribution in [0.5, 0.6) is 51.7 Å². The molecule has 0 aliphatic rings. The quantitative estimate of drug-likeness (QED) is 0.0282. The molecule has 0 aliphatic heterocycles. The van der Waals surface area contributed by atoms with E-state index in [0.29, 0.717) is 28.2 Å². The molecular formula is C69H51F9O18. The molecule has 0 fully saturated rings. The highest BCUT2D eigenvalue weighted by Crippen LogP contribution is 2.39. The molecule has 0 aromatic heterocycles. The van der Waals surface area contributed by atoms with Gasteiger partial charge in [-0.3, -0.25) is 0 Å². The van der Waals surface area contributed by atoms with Crippen molar-refractivity contribution in [3.63, 3.8) is 0 Å². The summed E-state index contributed by atoms with van der Waals surface area (Å²) >= 11 is 0. The summed E-state index contributed by atoms with van der Waals surface area (Å²) in [7, 11) is 0. The van der Waals surface area contributed by atoms with Gasteiger partial charge in [0.25, 0.3) is 0 Å². The van der Waals surface area contributed by atoms with Gasteiger partial charge in [-0.1, -0.05) is 114 Å². The first-order valence-corrected chi connectivity index (χ1v) is 26.6. The van der Waals surface area contributed by atoms with E-state index in [4.69, 9.17) is 28.4 Å². The number of halogens is 9. The third-order valence-corrected chi connectivity index (χ3v) is 11.6. The van der Waals surface area contributed by atoms with E-state index in [1.165, 1.54) is 32.0 Å². The van der Waals surface area contributed by atoms with Gasteiger partial charge in [0.15, 0.2) is 34.5 Å². The fourth-order valence-corrected chi connectivity index (χ4v) is 6.57. The molecule has 0 N–H and O–H groups in total. The van der Waals surface area contributed by atoms with E-state index in [0.717, 1.165) is 71.8 Å². The average Bonchev–Trinajstić information content (AvgIpc) is 0.834. The second kappa shape index (κ2) is 33.2. The predicted octanol–water partition coefficient (Wildman–Crippen LogP) is 14.9. The van der Waals surface area contributed by atoms with Gasteiger partial charge >= 0.3 is 72.3 Å². The summed E-state index contributed by atoms with van der Waals surface area (Å²) in [6.45, 7) is 32.8. The first kappa shape index (κ1) is 76.0. The van der Waals surface area contributed by atoms with Gasteiger partial charge in [0.2, 0.25) is 0 Å². The number of alkyl halides is 9. The zero-order chi connectivity index (χ0) is 72.2. The lowest BCUT2D eigenvalue weighted by atomic mass is 10.0. The van der Waals surface area contributed by atoms with Gasteiger partial charge in [0.1, 0.15) is 34.0 Å². The molecule has 0 heterocycles. The molecule has 18 nitrogen and oxygen atoms in total. The zero-order valence-corrected chi connectivity index (χ0v) is 50.5. The van der Waals surface area contributed by atoms with E-state index >= 15 is 0 Å². The number of benzene rings is 6. The van der Waals surface area contributed by atoms with Crippen molar-refractivity contribution in [2.75, 3.05) is 0 Å². The summed E-state index contributed by atoms with van der Waals surface area (Å²) in [4.78, 5) is 105. The number of carbonyl (C=O) groups is 9. The van der Waals surface area contributed by atoms with Crippen LogP contribution in [-0.2, 0) is 43.2 Å². The van der Waals surface area contributed by atoms with Crippen molar-refractivity contribution in [3.8, 4) is 85.1 Å². The maximum atomic E-state index is 12.8. The van der Waals surface area contributed by atoms with Gasteiger partial charge in [-0.25, -0.2) is 43.2 Å². The Morgan fingerprint density at radius 1 is 0.281 bits per heavy atom. The normalized spacial score (nSPS) is 10.6. The van der Waals surface area contributed by atoms with Gasteiger partial charge in [0.05, 0.1) is 0 Å². The van der Waals surface area contributed by atoms with Crippen LogP contribution in [0.1, 0.15) is 20.8 Å². The highest BCUT2D eigenvalue weighted by Gasteiger charge is 2.41. The number of hydrogen-bond donors (Lipinski definition) is 0. The Morgan fingerprint density at radius 3 is 0.792 bits per heavy atom. The summed E-state index contributed by atoms with van der Waals surface area (Å²) in [5, 5.41) is 0. The fraction of sp³-hybridized carbons (Fsp3) is 0.0870. The molecule has 0 spiro atoms. The molecule has 0 atom stereocenters. The molecule has 498 valence electrons. The average molecular weight is 1340 g/mol. The van der Waals surface area contributed by atoms with Crippen molar-refractivity contribution in [1.29, 1.82) is 0 Å². The van der Waals surface area contributed by atoms with Gasteiger partial charge < -0.3 is 42.6 Å². The maximum Gasteiger partial charge on any atom is 0.422 e. The molecule has 6 aromatic carbocycles. The van der Waals surface area contributed by atoms with Gasteiger partial charge in [-0.15, -0.1) is 0 Å². The Morgan fingerprint density at radius 2 is 0.490 bits per heavy atom. The van der Waals surface area contributed by atoms with Gasteiger partial charge in [-0.2, -0.15) is 39.5 Å². The third kappa shape index (κ3) is 22.8. The van der Waals surface area contributed by atoms with Crippen LogP contribution in [0.3, 0.4) is 0 Å². The Kier molecular flexibility index (Phi) is 26.3. The number of carbonyl (C=O) groups excluding carboxylic acids is 9. The molecule has 0 bridgehead atoms. The maximum absolute atomic E-state index is 12.8. The first-order chi connectivity index (χ1) is 44.8. The van der Waals surface area contributed by atoms with Crippen LogP contribution in [0.4, 0.5) is 39.5 Å². The van der Waals surface area contributed by atoms with Crippen LogP contribution < -0.4 is 42.6 Å². The minimum Gasteiger partial charge on any atom is -0.423 e. The molecular weight excluding hydrogens is 1290 g/mol. The second-order valence-electron chi connectivity index (χ2n) is 19.0. The van der Waals surface area contributed by atoms with Crippen LogP contribution >= 0.6 is 0 Å². The Hall–Kier alpha value is -12.4. The summed E-state index contributed by atoms with van der Waals surface area (Å²) in [5.74, 6) is -10.9. The summed E-state index contributed by atoms with van der Waals surface area (Å²) in [6, 6.07) is 29.9. The minimum absolute atomic E-state index is 0.00226. The molecule has 0 unspecified atom stereocenters. The van der Waals surface area contributed by atoms with Crippen molar-refractivity contribution in [2.24, 2.45) is 0 Å². The Bertz CT molecular complexity index is 4130. The summed E-state index contributed by atoms with van der Waals surface area (Å²) in [5.41, 5.74) is -2.03. The van der Waals surface area contributed by atoms with Gasteiger partial charge in [-0.05, 0) is 127 Å². The lowest BCUT2D eigenvalue weighted by Crippen LogP contribution is -2.25. The minimum atomic E-state index is -5.24. The van der Waals surface area contributed by atoms with Crippen LogP contribution in [0.25, 0.3) is 33.4 Å². The van der Waals surface area contributed by atoms with Crippen LogP contribution in [0.15, 0.2) is 238 Å².